The van der Waals surface area contributed by atoms with Crippen molar-refractivity contribution >= 4 is 0 Å². The van der Waals surface area contributed by atoms with Gasteiger partial charge in [-0.25, -0.2) is 0 Å². The summed E-state index contributed by atoms with van der Waals surface area (Å²) in [6.07, 6.45) is 1.15. The standard InChI is InChI=1S/C10H15NO2/c1-8-2-3-9(13-8)6-10-7-11-4-5-12-10/h2-3,10-11H,4-7H2,1H3. The van der Waals surface area contributed by atoms with E-state index in [2.05, 4.69) is 5.32 Å². The van der Waals surface area contributed by atoms with E-state index in [-0.39, 0.29) is 6.10 Å². The maximum absolute atomic E-state index is 5.57. The lowest BCUT2D eigenvalue weighted by molar-refractivity contribution is 0.0262. The molecule has 1 N–H and O–H groups in total. The second-order valence-corrected chi connectivity index (χ2v) is 3.41. The Morgan fingerprint density at radius 1 is 1.54 bits per heavy atom. The van der Waals surface area contributed by atoms with Crippen LogP contribution in [0.3, 0.4) is 0 Å². The average Bonchev–Trinajstić information content (AvgIpc) is 2.53. The van der Waals surface area contributed by atoms with Crippen molar-refractivity contribution in [3.05, 3.63) is 23.7 Å². The normalized spacial score (nSPS) is 23.3. The lowest BCUT2D eigenvalue weighted by Crippen LogP contribution is -2.39. The molecule has 0 radical (unpaired) electrons. The molecule has 0 spiro atoms. The minimum Gasteiger partial charge on any atom is -0.466 e. The summed E-state index contributed by atoms with van der Waals surface area (Å²) in [6, 6.07) is 4.01. The van der Waals surface area contributed by atoms with Gasteiger partial charge in [0, 0.05) is 19.5 Å². The van der Waals surface area contributed by atoms with Gasteiger partial charge in [-0.2, -0.15) is 0 Å². The number of ether oxygens (including phenoxy) is 1. The predicted molar refractivity (Wildman–Crippen MR) is 49.8 cm³/mol. The van der Waals surface area contributed by atoms with E-state index in [0.29, 0.717) is 0 Å². The zero-order valence-electron chi connectivity index (χ0n) is 7.88. The minimum atomic E-state index is 0.277. The Balaban J connectivity index is 1.89. The monoisotopic (exact) mass is 181 g/mol. The first-order valence-electron chi connectivity index (χ1n) is 4.72. The van der Waals surface area contributed by atoms with E-state index in [1.807, 2.05) is 19.1 Å². The molecule has 72 valence electrons. The van der Waals surface area contributed by atoms with Crippen molar-refractivity contribution in [2.75, 3.05) is 19.7 Å². The van der Waals surface area contributed by atoms with Crippen molar-refractivity contribution in [2.24, 2.45) is 0 Å². The van der Waals surface area contributed by atoms with Crippen LogP contribution in [0.5, 0.6) is 0 Å². The van der Waals surface area contributed by atoms with Gasteiger partial charge in [-0.3, -0.25) is 0 Å². The average molecular weight is 181 g/mol. The molecule has 1 aromatic rings. The second kappa shape index (κ2) is 3.94. The summed E-state index contributed by atoms with van der Waals surface area (Å²) < 4.78 is 11.0. The van der Waals surface area contributed by atoms with Crippen LogP contribution in [0.25, 0.3) is 0 Å². The molecule has 2 heterocycles. The van der Waals surface area contributed by atoms with Crippen molar-refractivity contribution in [1.82, 2.24) is 5.32 Å². The number of rotatable bonds is 2. The summed E-state index contributed by atoms with van der Waals surface area (Å²) in [4.78, 5) is 0. The topological polar surface area (TPSA) is 34.4 Å². The number of furan rings is 1. The van der Waals surface area contributed by atoms with Gasteiger partial charge < -0.3 is 14.5 Å². The van der Waals surface area contributed by atoms with E-state index in [1.54, 1.807) is 0 Å². The zero-order valence-corrected chi connectivity index (χ0v) is 7.88. The SMILES string of the molecule is Cc1ccc(CC2CNCCO2)o1. The van der Waals surface area contributed by atoms with Gasteiger partial charge in [0.05, 0.1) is 12.7 Å². The van der Waals surface area contributed by atoms with Crippen LogP contribution >= 0.6 is 0 Å². The molecule has 1 aromatic heterocycles. The molecule has 0 saturated carbocycles. The van der Waals surface area contributed by atoms with Crippen molar-refractivity contribution in [2.45, 2.75) is 19.4 Å². The van der Waals surface area contributed by atoms with Crippen molar-refractivity contribution in [3.8, 4) is 0 Å². The quantitative estimate of drug-likeness (QED) is 0.742. The maximum atomic E-state index is 5.57. The fourth-order valence-corrected chi connectivity index (χ4v) is 1.57. The lowest BCUT2D eigenvalue weighted by Gasteiger charge is -2.22. The summed E-state index contributed by atoms with van der Waals surface area (Å²) in [5.74, 6) is 1.99. The Labute approximate surface area is 78.1 Å². The van der Waals surface area contributed by atoms with E-state index < -0.39 is 0 Å². The van der Waals surface area contributed by atoms with Gasteiger partial charge in [-0.05, 0) is 19.1 Å². The molecule has 1 aliphatic heterocycles. The van der Waals surface area contributed by atoms with Crippen LogP contribution in [-0.4, -0.2) is 25.8 Å². The number of aryl methyl sites for hydroxylation is 1. The first-order valence-corrected chi connectivity index (χ1v) is 4.72. The molecule has 13 heavy (non-hydrogen) atoms. The third-order valence-electron chi connectivity index (χ3n) is 2.23. The smallest absolute Gasteiger partial charge is 0.106 e. The van der Waals surface area contributed by atoms with E-state index in [4.69, 9.17) is 9.15 Å². The van der Waals surface area contributed by atoms with Crippen LogP contribution < -0.4 is 5.32 Å². The van der Waals surface area contributed by atoms with Crippen LogP contribution in [-0.2, 0) is 11.2 Å². The molecule has 1 atom stereocenters. The highest BCUT2D eigenvalue weighted by Gasteiger charge is 2.15. The maximum Gasteiger partial charge on any atom is 0.106 e. The molecule has 1 aliphatic rings. The van der Waals surface area contributed by atoms with Gasteiger partial charge in [0.25, 0.3) is 0 Å². The Morgan fingerprint density at radius 2 is 2.46 bits per heavy atom. The van der Waals surface area contributed by atoms with Crippen LogP contribution in [0.2, 0.25) is 0 Å². The number of hydrogen-bond donors (Lipinski definition) is 1. The van der Waals surface area contributed by atoms with Gasteiger partial charge >= 0.3 is 0 Å². The number of morpholine rings is 1. The van der Waals surface area contributed by atoms with Gasteiger partial charge in [0.15, 0.2) is 0 Å². The Hall–Kier alpha value is -0.800. The number of nitrogens with one attached hydrogen (secondary N) is 1. The number of hydrogen-bond acceptors (Lipinski definition) is 3. The predicted octanol–water partition coefficient (Wildman–Crippen LogP) is 1.12. The zero-order chi connectivity index (χ0) is 9.10. The molecule has 1 fully saturated rings. The van der Waals surface area contributed by atoms with Gasteiger partial charge in [0.2, 0.25) is 0 Å². The van der Waals surface area contributed by atoms with Crippen LogP contribution in [0.4, 0.5) is 0 Å². The van der Waals surface area contributed by atoms with E-state index in [0.717, 1.165) is 37.6 Å². The Bertz CT molecular complexity index is 264. The summed E-state index contributed by atoms with van der Waals surface area (Å²) in [5, 5.41) is 3.30. The van der Waals surface area contributed by atoms with Crippen LogP contribution in [0.15, 0.2) is 16.5 Å². The molecule has 2 rings (SSSR count). The van der Waals surface area contributed by atoms with Crippen LogP contribution in [0.1, 0.15) is 11.5 Å². The Kier molecular flexibility index (Phi) is 2.66. The van der Waals surface area contributed by atoms with E-state index >= 15 is 0 Å². The summed E-state index contributed by atoms with van der Waals surface area (Å²) in [5.41, 5.74) is 0. The third kappa shape index (κ3) is 2.32. The van der Waals surface area contributed by atoms with Gasteiger partial charge in [-0.15, -0.1) is 0 Å². The molecule has 0 aliphatic carbocycles. The van der Waals surface area contributed by atoms with E-state index in [9.17, 15) is 0 Å². The molecule has 3 heteroatoms. The summed E-state index contributed by atoms with van der Waals surface area (Å²) in [7, 11) is 0. The first kappa shape index (κ1) is 8.78. The summed E-state index contributed by atoms with van der Waals surface area (Å²) >= 11 is 0. The van der Waals surface area contributed by atoms with Crippen molar-refractivity contribution in [3.63, 3.8) is 0 Å². The fraction of sp³-hybridized carbons (Fsp3) is 0.600. The summed E-state index contributed by atoms with van der Waals surface area (Å²) in [6.45, 7) is 4.67. The second-order valence-electron chi connectivity index (χ2n) is 3.41. The van der Waals surface area contributed by atoms with Gasteiger partial charge in [-0.1, -0.05) is 0 Å². The largest absolute Gasteiger partial charge is 0.466 e. The molecule has 1 unspecified atom stereocenters. The highest BCUT2D eigenvalue weighted by molar-refractivity contribution is 5.06. The molecule has 3 nitrogen and oxygen atoms in total. The highest BCUT2D eigenvalue weighted by Crippen LogP contribution is 2.11. The van der Waals surface area contributed by atoms with Crippen molar-refractivity contribution in [1.29, 1.82) is 0 Å². The molecule has 0 bridgehead atoms. The van der Waals surface area contributed by atoms with Gasteiger partial charge in [0.1, 0.15) is 11.5 Å². The van der Waals surface area contributed by atoms with Crippen molar-refractivity contribution < 1.29 is 9.15 Å². The molecule has 0 aromatic carbocycles. The lowest BCUT2D eigenvalue weighted by atomic mass is 10.2. The highest BCUT2D eigenvalue weighted by atomic mass is 16.5. The minimum absolute atomic E-state index is 0.277. The van der Waals surface area contributed by atoms with Crippen LogP contribution in [0, 0.1) is 6.92 Å². The molecule has 0 amide bonds. The molecular weight excluding hydrogens is 166 g/mol. The fourth-order valence-electron chi connectivity index (χ4n) is 1.57. The molecular formula is C10H15NO2. The van der Waals surface area contributed by atoms with E-state index in [1.165, 1.54) is 0 Å². The first-order chi connectivity index (χ1) is 6.34. The third-order valence-corrected chi connectivity index (χ3v) is 2.23. The molecule has 1 saturated heterocycles. The Morgan fingerprint density at radius 3 is 3.08 bits per heavy atom.